The lowest BCUT2D eigenvalue weighted by Gasteiger charge is -2.14. The van der Waals surface area contributed by atoms with Gasteiger partial charge in [0.1, 0.15) is 5.01 Å². The highest BCUT2D eigenvalue weighted by molar-refractivity contribution is 7.09. The second-order valence-electron chi connectivity index (χ2n) is 3.50. The first-order valence-electron chi connectivity index (χ1n) is 4.81. The molecule has 1 N–H and O–H groups in total. The van der Waals surface area contributed by atoms with Crippen LogP contribution in [0.1, 0.15) is 30.6 Å². The highest BCUT2D eigenvalue weighted by Gasteiger charge is 2.09. The van der Waals surface area contributed by atoms with E-state index in [2.05, 4.69) is 22.6 Å². The van der Waals surface area contributed by atoms with E-state index >= 15 is 0 Å². The topological polar surface area (TPSA) is 34.1 Å². The minimum atomic E-state index is 0.249. The van der Waals surface area contributed by atoms with Gasteiger partial charge in [-0.2, -0.15) is 0 Å². The summed E-state index contributed by atoms with van der Waals surface area (Å²) < 4.78 is 5.16. The zero-order valence-electron chi connectivity index (χ0n) is 9.20. The number of ether oxygens (including phenoxy) is 1. The van der Waals surface area contributed by atoms with Crippen LogP contribution >= 0.6 is 11.3 Å². The summed E-state index contributed by atoms with van der Waals surface area (Å²) in [7, 11) is 1.73. The lowest BCUT2D eigenvalue weighted by atomic mass is 10.3. The molecule has 0 bridgehead atoms. The van der Waals surface area contributed by atoms with Gasteiger partial charge in [-0.05, 0) is 20.8 Å². The summed E-state index contributed by atoms with van der Waals surface area (Å²) in [4.78, 5) is 4.43. The summed E-state index contributed by atoms with van der Waals surface area (Å²) in [5, 5.41) is 6.61. The Kier molecular flexibility index (Phi) is 4.51. The molecule has 0 saturated heterocycles. The lowest BCUT2D eigenvalue weighted by molar-refractivity contribution is 0.115. The first kappa shape index (κ1) is 11.6. The Morgan fingerprint density at radius 1 is 1.57 bits per heavy atom. The molecule has 0 radical (unpaired) electrons. The molecule has 0 aromatic carbocycles. The van der Waals surface area contributed by atoms with Gasteiger partial charge in [-0.15, -0.1) is 11.3 Å². The normalized spacial score (nSPS) is 15.4. The summed E-state index contributed by atoms with van der Waals surface area (Å²) >= 11 is 1.70. The molecule has 80 valence electrons. The molecule has 2 unspecified atom stereocenters. The molecule has 2 atom stereocenters. The maximum atomic E-state index is 5.16. The summed E-state index contributed by atoms with van der Waals surface area (Å²) in [6, 6.07) is 0.311. The molecule has 14 heavy (non-hydrogen) atoms. The number of aryl methyl sites for hydroxylation is 1. The van der Waals surface area contributed by atoms with Gasteiger partial charge in [-0.1, -0.05) is 0 Å². The molecule has 1 heterocycles. The van der Waals surface area contributed by atoms with Crippen molar-refractivity contribution in [1.82, 2.24) is 10.3 Å². The molecule has 1 rings (SSSR count). The Morgan fingerprint density at radius 3 is 2.79 bits per heavy atom. The Bertz CT molecular complexity index is 275. The molecule has 3 nitrogen and oxygen atoms in total. The second-order valence-corrected chi connectivity index (χ2v) is 4.39. The van der Waals surface area contributed by atoms with E-state index in [0.717, 1.165) is 17.2 Å². The molecule has 0 aliphatic heterocycles. The predicted octanol–water partition coefficient (Wildman–Crippen LogP) is 2.14. The van der Waals surface area contributed by atoms with E-state index in [9.17, 15) is 0 Å². The molecule has 1 aromatic heterocycles. The number of nitrogens with one attached hydrogen (secondary N) is 1. The van der Waals surface area contributed by atoms with Crippen LogP contribution in [0.2, 0.25) is 0 Å². The van der Waals surface area contributed by atoms with Crippen molar-refractivity contribution >= 4 is 11.3 Å². The Balaban J connectivity index is 2.39. The van der Waals surface area contributed by atoms with Crippen molar-refractivity contribution in [3.05, 3.63) is 16.1 Å². The maximum absolute atomic E-state index is 5.16. The summed E-state index contributed by atoms with van der Waals surface area (Å²) in [6.07, 6.45) is 0.249. The van der Waals surface area contributed by atoms with E-state index in [-0.39, 0.29) is 6.10 Å². The van der Waals surface area contributed by atoms with E-state index in [1.54, 1.807) is 18.4 Å². The van der Waals surface area contributed by atoms with Gasteiger partial charge in [-0.25, -0.2) is 4.98 Å². The average molecular weight is 214 g/mol. The monoisotopic (exact) mass is 214 g/mol. The number of aromatic nitrogens is 1. The van der Waals surface area contributed by atoms with Crippen molar-refractivity contribution < 1.29 is 4.74 Å². The maximum Gasteiger partial charge on any atom is 0.110 e. The van der Waals surface area contributed by atoms with Gasteiger partial charge in [0.25, 0.3) is 0 Å². The molecule has 4 heteroatoms. The Morgan fingerprint density at radius 2 is 2.29 bits per heavy atom. The third-order valence-corrected chi connectivity index (χ3v) is 3.27. The van der Waals surface area contributed by atoms with Crippen molar-refractivity contribution in [2.45, 2.75) is 32.9 Å². The SMILES string of the molecule is COC(C)CNC(C)c1nc(C)cs1. The number of hydrogen-bond acceptors (Lipinski definition) is 4. The highest BCUT2D eigenvalue weighted by Crippen LogP contribution is 2.17. The highest BCUT2D eigenvalue weighted by atomic mass is 32.1. The van der Waals surface area contributed by atoms with E-state index in [1.807, 2.05) is 13.8 Å². The van der Waals surface area contributed by atoms with Crippen LogP contribution in [0.3, 0.4) is 0 Å². The molecule has 0 aliphatic rings. The minimum absolute atomic E-state index is 0.249. The van der Waals surface area contributed by atoms with Crippen LogP contribution in [-0.2, 0) is 4.74 Å². The van der Waals surface area contributed by atoms with Crippen molar-refractivity contribution in [2.75, 3.05) is 13.7 Å². The molecular formula is C10H18N2OS. The van der Waals surface area contributed by atoms with E-state index in [1.165, 1.54) is 0 Å². The van der Waals surface area contributed by atoms with Crippen molar-refractivity contribution in [1.29, 1.82) is 0 Å². The van der Waals surface area contributed by atoms with Crippen LogP contribution in [0.4, 0.5) is 0 Å². The zero-order valence-corrected chi connectivity index (χ0v) is 10.0. The van der Waals surface area contributed by atoms with Gasteiger partial charge in [0.2, 0.25) is 0 Å². The molecule has 0 saturated carbocycles. The number of rotatable bonds is 5. The van der Waals surface area contributed by atoms with Crippen molar-refractivity contribution in [3.63, 3.8) is 0 Å². The van der Waals surface area contributed by atoms with Gasteiger partial charge in [0, 0.05) is 24.7 Å². The van der Waals surface area contributed by atoms with Crippen LogP contribution in [0.15, 0.2) is 5.38 Å². The third-order valence-electron chi connectivity index (χ3n) is 2.12. The quantitative estimate of drug-likeness (QED) is 0.815. The first-order valence-corrected chi connectivity index (χ1v) is 5.69. The van der Waals surface area contributed by atoms with Crippen LogP contribution in [0, 0.1) is 6.92 Å². The molecule has 0 fully saturated rings. The third kappa shape index (κ3) is 3.36. The number of methoxy groups -OCH3 is 1. The van der Waals surface area contributed by atoms with Gasteiger partial charge < -0.3 is 10.1 Å². The Hall–Kier alpha value is -0.450. The summed E-state index contributed by atoms with van der Waals surface area (Å²) in [6.45, 7) is 7.05. The van der Waals surface area contributed by atoms with Crippen molar-refractivity contribution in [3.8, 4) is 0 Å². The predicted molar refractivity (Wildman–Crippen MR) is 59.7 cm³/mol. The standard InChI is InChI=1S/C10H18N2OS/c1-7-6-14-10(12-7)9(3)11-5-8(2)13-4/h6,8-9,11H,5H2,1-4H3. The lowest BCUT2D eigenvalue weighted by Crippen LogP contribution is -2.28. The summed E-state index contributed by atoms with van der Waals surface area (Å²) in [5.74, 6) is 0. The van der Waals surface area contributed by atoms with Gasteiger partial charge in [-0.3, -0.25) is 0 Å². The van der Waals surface area contributed by atoms with Gasteiger partial charge in [0.05, 0.1) is 12.1 Å². The molecule has 0 amide bonds. The molecule has 0 aliphatic carbocycles. The fraction of sp³-hybridized carbons (Fsp3) is 0.700. The first-order chi connectivity index (χ1) is 6.63. The smallest absolute Gasteiger partial charge is 0.110 e. The van der Waals surface area contributed by atoms with Crippen LogP contribution < -0.4 is 5.32 Å². The molecule has 0 spiro atoms. The molecule has 1 aromatic rings. The van der Waals surface area contributed by atoms with E-state index in [4.69, 9.17) is 4.74 Å². The Labute approximate surface area is 89.5 Å². The van der Waals surface area contributed by atoms with Crippen LogP contribution in [-0.4, -0.2) is 24.7 Å². The van der Waals surface area contributed by atoms with E-state index < -0.39 is 0 Å². The fourth-order valence-corrected chi connectivity index (χ4v) is 1.91. The fourth-order valence-electron chi connectivity index (χ4n) is 1.08. The number of hydrogen-bond donors (Lipinski definition) is 1. The van der Waals surface area contributed by atoms with E-state index in [0.29, 0.717) is 6.04 Å². The van der Waals surface area contributed by atoms with Crippen LogP contribution in [0.25, 0.3) is 0 Å². The minimum Gasteiger partial charge on any atom is -0.380 e. The largest absolute Gasteiger partial charge is 0.380 e. The van der Waals surface area contributed by atoms with Gasteiger partial charge >= 0.3 is 0 Å². The zero-order chi connectivity index (χ0) is 10.6. The average Bonchev–Trinajstić information content (AvgIpc) is 2.60. The van der Waals surface area contributed by atoms with Crippen molar-refractivity contribution in [2.24, 2.45) is 0 Å². The number of thiazole rings is 1. The second kappa shape index (κ2) is 5.44. The number of nitrogens with zero attached hydrogens (tertiary/aromatic N) is 1. The summed E-state index contributed by atoms with van der Waals surface area (Å²) in [5.41, 5.74) is 1.10. The van der Waals surface area contributed by atoms with Crippen LogP contribution in [0.5, 0.6) is 0 Å². The molecular weight excluding hydrogens is 196 g/mol. The van der Waals surface area contributed by atoms with Gasteiger partial charge in [0.15, 0.2) is 0 Å².